The Balaban J connectivity index is 1.26. The number of allylic oxidation sites excluding steroid dienone is 6. The van der Waals surface area contributed by atoms with E-state index in [0.29, 0.717) is 5.92 Å². The summed E-state index contributed by atoms with van der Waals surface area (Å²) in [7, 11) is 0. The van der Waals surface area contributed by atoms with E-state index in [0.717, 1.165) is 42.4 Å². The number of hydrogen-bond acceptors (Lipinski definition) is 2. The summed E-state index contributed by atoms with van der Waals surface area (Å²) in [5, 5.41) is 12.3. The van der Waals surface area contributed by atoms with E-state index in [1.807, 2.05) is 0 Å². The lowest BCUT2D eigenvalue weighted by Crippen LogP contribution is -2.59. The Morgan fingerprint density at radius 3 is 1.37 bits per heavy atom. The Morgan fingerprint density at radius 1 is 0.567 bits per heavy atom. The van der Waals surface area contributed by atoms with Crippen LogP contribution in [-0.2, 0) is 0 Å². The zero-order valence-electron chi connectivity index (χ0n) is 19.9. The molecule has 0 aromatic rings. The zero-order valence-corrected chi connectivity index (χ0v) is 19.9. The molecule has 0 radical (unpaired) electrons. The predicted octanol–water partition coefficient (Wildman–Crippen LogP) is 7.56. The van der Waals surface area contributed by atoms with Gasteiger partial charge in [0.1, 0.15) is 0 Å². The van der Waals surface area contributed by atoms with Gasteiger partial charge in [0.2, 0.25) is 0 Å². The lowest BCUT2D eigenvalue weighted by Gasteiger charge is -2.54. The van der Waals surface area contributed by atoms with E-state index in [1.165, 1.54) is 51.4 Å². The third-order valence-electron chi connectivity index (χ3n) is 9.18. The van der Waals surface area contributed by atoms with Crippen LogP contribution >= 0.6 is 0 Å². The van der Waals surface area contributed by atoms with E-state index >= 15 is 0 Å². The van der Waals surface area contributed by atoms with Gasteiger partial charge in [0.25, 0.3) is 0 Å². The van der Waals surface area contributed by atoms with Crippen molar-refractivity contribution in [3.8, 4) is 0 Å². The van der Waals surface area contributed by atoms with Crippen molar-refractivity contribution in [1.82, 2.24) is 5.06 Å². The summed E-state index contributed by atoms with van der Waals surface area (Å²) in [5.41, 5.74) is -0.198. The monoisotopic (exact) mass is 411 g/mol. The van der Waals surface area contributed by atoms with Crippen LogP contribution < -0.4 is 0 Å². The summed E-state index contributed by atoms with van der Waals surface area (Å²) in [6.07, 6.45) is 27.4. The van der Waals surface area contributed by atoms with E-state index in [1.54, 1.807) is 5.06 Å². The maximum absolute atomic E-state index is 10.6. The van der Waals surface area contributed by atoms with Crippen LogP contribution in [0.25, 0.3) is 0 Å². The van der Waals surface area contributed by atoms with Crippen molar-refractivity contribution in [2.24, 2.45) is 35.5 Å². The molecule has 1 N–H and O–H groups in total. The average molecular weight is 412 g/mol. The molecule has 0 aromatic heterocycles. The maximum atomic E-state index is 10.6. The van der Waals surface area contributed by atoms with Gasteiger partial charge in [0.15, 0.2) is 0 Å². The second-order valence-corrected chi connectivity index (χ2v) is 12.2. The van der Waals surface area contributed by atoms with Gasteiger partial charge < -0.3 is 5.21 Å². The number of nitrogens with zero attached hydrogens (tertiary/aromatic N) is 1. The Hall–Kier alpha value is -0.860. The summed E-state index contributed by atoms with van der Waals surface area (Å²) >= 11 is 0. The summed E-state index contributed by atoms with van der Waals surface area (Å²) in [6.45, 7) is 8.89. The molecular formula is C28H45NO. The van der Waals surface area contributed by atoms with Crippen LogP contribution in [0.3, 0.4) is 0 Å². The highest BCUT2D eigenvalue weighted by Gasteiger charge is 2.47. The summed E-state index contributed by atoms with van der Waals surface area (Å²) in [6, 6.07) is 0. The fraction of sp³-hybridized carbons (Fsp3) is 0.786. The molecular weight excluding hydrogens is 366 g/mol. The largest absolute Gasteiger partial charge is 0.313 e. The van der Waals surface area contributed by atoms with Gasteiger partial charge >= 0.3 is 0 Å². The van der Waals surface area contributed by atoms with Gasteiger partial charge in [-0.2, -0.15) is 5.06 Å². The van der Waals surface area contributed by atoms with Gasteiger partial charge in [-0.3, -0.25) is 0 Å². The molecule has 0 spiro atoms. The molecule has 3 aliphatic carbocycles. The minimum Gasteiger partial charge on any atom is -0.313 e. The fourth-order valence-corrected chi connectivity index (χ4v) is 7.66. The van der Waals surface area contributed by atoms with Crippen molar-refractivity contribution >= 4 is 0 Å². The maximum Gasteiger partial charge on any atom is 0.0413 e. The standard InChI is InChI=1S/C28H45NO/c1-27(2)19-26(20-28(3,4)29(27)30)25-17-15-24(16-18-25)23-13-11-22(12-14-23)21-9-7-5-6-8-10-21/h5-10,21-26,30H,11-20H2,1-4H3. The Kier molecular flexibility index (Phi) is 6.66. The molecule has 1 heterocycles. The molecule has 30 heavy (non-hydrogen) atoms. The van der Waals surface area contributed by atoms with Gasteiger partial charge in [0, 0.05) is 11.1 Å². The smallest absolute Gasteiger partial charge is 0.0413 e. The van der Waals surface area contributed by atoms with Crippen molar-refractivity contribution in [1.29, 1.82) is 0 Å². The van der Waals surface area contributed by atoms with E-state index in [-0.39, 0.29) is 11.1 Å². The molecule has 2 saturated carbocycles. The number of piperidine rings is 1. The molecule has 0 bridgehead atoms. The van der Waals surface area contributed by atoms with Gasteiger partial charge in [-0.15, -0.1) is 0 Å². The molecule has 4 rings (SSSR count). The number of hydrogen-bond donors (Lipinski definition) is 1. The Labute approximate surface area is 185 Å². The third kappa shape index (κ3) is 4.80. The molecule has 3 fully saturated rings. The van der Waals surface area contributed by atoms with Crippen LogP contribution in [0.1, 0.15) is 91.9 Å². The molecule has 4 aliphatic rings. The first-order valence-electron chi connectivity index (χ1n) is 12.8. The molecule has 0 unspecified atom stereocenters. The normalized spacial score (nSPS) is 37.9. The lowest BCUT2D eigenvalue weighted by atomic mass is 9.63. The first-order valence-corrected chi connectivity index (χ1v) is 12.8. The second kappa shape index (κ2) is 8.94. The molecule has 0 amide bonds. The Morgan fingerprint density at radius 2 is 0.933 bits per heavy atom. The molecule has 1 saturated heterocycles. The van der Waals surface area contributed by atoms with Crippen molar-refractivity contribution in [2.75, 3.05) is 0 Å². The minimum atomic E-state index is -0.0991. The quantitative estimate of drug-likeness (QED) is 0.518. The summed E-state index contributed by atoms with van der Waals surface area (Å²) in [5.74, 6) is 5.12. The van der Waals surface area contributed by atoms with Crippen LogP contribution in [0.15, 0.2) is 36.5 Å². The van der Waals surface area contributed by atoms with Crippen molar-refractivity contribution < 1.29 is 5.21 Å². The molecule has 168 valence electrons. The molecule has 1 aliphatic heterocycles. The topological polar surface area (TPSA) is 23.5 Å². The average Bonchev–Trinajstić information content (AvgIpc) is 3.01. The lowest BCUT2D eigenvalue weighted by molar-refractivity contribution is -0.255. The van der Waals surface area contributed by atoms with Crippen molar-refractivity contribution in [3.05, 3.63) is 36.5 Å². The highest BCUT2D eigenvalue weighted by molar-refractivity contribution is 5.20. The first kappa shape index (κ1) is 22.3. The molecule has 2 nitrogen and oxygen atoms in total. The third-order valence-corrected chi connectivity index (χ3v) is 9.18. The number of rotatable bonds is 3. The molecule has 0 aromatic carbocycles. The second-order valence-electron chi connectivity index (χ2n) is 12.2. The van der Waals surface area contributed by atoms with Crippen LogP contribution in [0.2, 0.25) is 0 Å². The van der Waals surface area contributed by atoms with Crippen molar-refractivity contribution in [2.45, 2.75) is 103 Å². The molecule has 0 atom stereocenters. The zero-order chi connectivity index (χ0) is 21.4. The van der Waals surface area contributed by atoms with Crippen molar-refractivity contribution in [3.63, 3.8) is 0 Å². The van der Waals surface area contributed by atoms with Crippen LogP contribution in [0, 0.1) is 35.5 Å². The SMILES string of the molecule is CC1(C)CC(C2CCC(C3CCC(C4C=CC=CC=C4)CC3)CC2)CC(C)(C)N1O. The van der Waals surface area contributed by atoms with E-state index < -0.39 is 0 Å². The first-order chi connectivity index (χ1) is 14.3. The highest BCUT2D eigenvalue weighted by Crippen LogP contribution is 2.49. The Bertz CT molecular complexity index is 622. The van der Waals surface area contributed by atoms with Gasteiger partial charge in [-0.25, -0.2) is 0 Å². The van der Waals surface area contributed by atoms with Gasteiger partial charge in [-0.05, 0) is 127 Å². The van der Waals surface area contributed by atoms with Gasteiger partial charge in [-0.1, -0.05) is 36.5 Å². The van der Waals surface area contributed by atoms with E-state index in [4.69, 9.17) is 0 Å². The van der Waals surface area contributed by atoms with Gasteiger partial charge in [0.05, 0.1) is 0 Å². The van der Waals surface area contributed by atoms with Crippen LogP contribution in [-0.4, -0.2) is 21.3 Å². The summed E-state index contributed by atoms with van der Waals surface area (Å²) in [4.78, 5) is 0. The highest BCUT2D eigenvalue weighted by atomic mass is 16.5. The van der Waals surface area contributed by atoms with Crippen LogP contribution in [0.5, 0.6) is 0 Å². The van der Waals surface area contributed by atoms with E-state index in [9.17, 15) is 5.21 Å². The van der Waals surface area contributed by atoms with E-state index in [2.05, 4.69) is 64.2 Å². The fourth-order valence-electron chi connectivity index (χ4n) is 7.66. The number of hydroxylamine groups is 2. The minimum absolute atomic E-state index is 0.0991. The molecule has 2 heteroatoms. The summed E-state index contributed by atoms with van der Waals surface area (Å²) < 4.78 is 0. The van der Waals surface area contributed by atoms with Crippen LogP contribution in [0.4, 0.5) is 0 Å². The predicted molar refractivity (Wildman–Crippen MR) is 126 cm³/mol.